The van der Waals surface area contributed by atoms with Gasteiger partial charge in [-0.2, -0.15) is 0 Å². The van der Waals surface area contributed by atoms with Crippen LogP contribution in [0.5, 0.6) is 5.75 Å². The van der Waals surface area contributed by atoms with Crippen LogP contribution in [0, 0.1) is 31.1 Å². The second-order valence-corrected chi connectivity index (χ2v) is 14.5. The number of furan rings is 1. The van der Waals surface area contributed by atoms with Crippen LogP contribution in [0.2, 0.25) is 0 Å². The first-order valence-electron chi connectivity index (χ1n) is 17.1. The first-order chi connectivity index (χ1) is 21.6. The summed E-state index contributed by atoms with van der Waals surface area (Å²) in [5.74, 6) is 3.24. The number of carbonyl (C=O) groups is 2. The molecular weight excluding hydrogens is 566 g/mol. The summed E-state index contributed by atoms with van der Waals surface area (Å²) in [6, 6.07) is 5.96. The lowest BCUT2D eigenvalue weighted by Crippen LogP contribution is -2.43. The minimum Gasteiger partial charge on any atom is -0.508 e. The van der Waals surface area contributed by atoms with E-state index < -0.39 is 0 Å². The third kappa shape index (κ3) is 5.33. The smallest absolute Gasteiger partial charge is 0.244 e. The Balaban J connectivity index is 0.000000148. The van der Waals surface area contributed by atoms with Gasteiger partial charge < -0.3 is 24.8 Å². The number of hydrogen-bond donors (Lipinski definition) is 3. The van der Waals surface area contributed by atoms with E-state index in [2.05, 4.69) is 18.3 Å². The number of amides is 2. The second kappa shape index (κ2) is 11.8. The fourth-order valence-corrected chi connectivity index (χ4v) is 9.44. The number of anilines is 1. The fourth-order valence-electron chi connectivity index (χ4n) is 9.44. The molecule has 0 spiro atoms. The van der Waals surface area contributed by atoms with E-state index in [4.69, 9.17) is 9.40 Å². The highest BCUT2D eigenvalue weighted by Crippen LogP contribution is 2.60. The van der Waals surface area contributed by atoms with Gasteiger partial charge in [0.05, 0.1) is 23.7 Å². The number of rotatable bonds is 3. The van der Waals surface area contributed by atoms with Crippen molar-refractivity contribution in [2.75, 3.05) is 18.4 Å². The summed E-state index contributed by atoms with van der Waals surface area (Å²) in [6.07, 6.45) is 12.2. The molecule has 2 amide bonds. The van der Waals surface area contributed by atoms with Crippen LogP contribution in [0.15, 0.2) is 22.6 Å². The standard InChI is InChI=1S/C19H23N3O3.C18H24O2/c1-11-12(2)25-19-17(11)18(13-6-3-4-7-14(13)20-19)21-15(23)10-22-9-5-8-16(22)24;1-18-9-8-14-13-5-3-12(19)10-11(13)2-4-15(14)16(18)6-7-17(18)20/h3-10H2,1-2H3,(H,20,21,23);3,5,10,14-17,19-20H,2,4,6-9H2,1H3/t;14-,15-,16+,17+,18+/m.1/s1. The number of aryl methyl sites for hydroxylation is 4. The molecule has 3 N–H and O–H groups in total. The van der Waals surface area contributed by atoms with Gasteiger partial charge >= 0.3 is 0 Å². The summed E-state index contributed by atoms with van der Waals surface area (Å²) in [7, 11) is 0. The first-order valence-corrected chi connectivity index (χ1v) is 17.1. The van der Waals surface area contributed by atoms with Crippen molar-refractivity contribution < 1.29 is 24.2 Å². The molecule has 45 heavy (non-hydrogen) atoms. The Morgan fingerprint density at radius 2 is 1.91 bits per heavy atom. The fraction of sp³-hybridized carbons (Fsp3) is 0.595. The molecule has 8 rings (SSSR count). The lowest BCUT2D eigenvalue weighted by Gasteiger charge is -2.50. The summed E-state index contributed by atoms with van der Waals surface area (Å²) in [4.78, 5) is 30.7. The van der Waals surface area contributed by atoms with Gasteiger partial charge in [0.2, 0.25) is 17.5 Å². The molecule has 4 aliphatic carbocycles. The summed E-state index contributed by atoms with van der Waals surface area (Å²) >= 11 is 0. The van der Waals surface area contributed by atoms with Gasteiger partial charge in [-0.15, -0.1) is 0 Å². The number of aliphatic hydroxyl groups is 1. The number of pyridine rings is 1. The molecule has 8 heteroatoms. The maximum Gasteiger partial charge on any atom is 0.244 e. The highest BCUT2D eigenvalue weighted by atomic mass is 16.3. The molecule has 1 aliphatic heterocycles. The summed E-state index contributed by atoms with van der Waals surface area (Å²) < 4.78 is 5.81. The topological polar surface area (TPSA) is 116 Å². The minimum absolute atomic E-state index is 0.0624. The predicted molar refractivity (Wildman–Crippen MR) is 173 cm³/mol. The Morgan fingerprint density at radius 3 is 2.71 bits per heavy atom. The molecule has 0 radical (unpaired) electrons. The zero-order valence-corrected chi connectivity index (χ0v) is 27.0. The number of carbonyl (C=O) groups excluding carboxylic acids is 2. The van der Waals surface area contributed by atoms with Gasteiger partial charge in [-0.25, -0.2) is 4.98 Å². The number of likely N-dealkylation sites (tertiary alicyclic amines) is 1. The summed E-state index contributed by atoms with van der Waals surface area (Å²) in [5.41, 5.74) is 7.60. The van der Waals surface area contributed by atoms with Gasteiger partial charge in [0, 0.05) is 24.2 Å². The molecule has 3 heterocycles. The van der Waals surface area contributed by atoms with Crippen molar-refractivity contribution >= 4 is 28.6 Å². The molecule has 2 saturated carbocycles. The summed E-state index contributed by atoms with van der Waals surface area (Å²) in [5, 5.41) is 24.0. The number of phenolic OH excluding ortho intramolecular Hbond substituents is 1. The van der Waals surface area contributed by atoms with Crippen LogP contribution in [-0.4, -0.2) is 51.1 Å². The number of aromatic nitrogens is 1. The van der Waals surface area contributed by atoms with E-state index in [0.29, 0.717) is 36.3 Å². The SMILES string of the molecule is C[C@]12CC[C@@H]3c4ccc(O)cc4CC[C@H]3[C@@H]1CC[C@@H]2O.Cc1oc2nc3c(c(NC(=O)CN4CCCC4=O)c2c1C)CCCC3. The molecular formula is C37H47N3O5. The van der Waals surface area contributed by atoms with Crippen molar-refractivity contribution in [3.8, 4) is 5.75 Å². The van der Waals surface area contributed by atoms with Gasteiger partial charge in [0.25, 0.3) is 0 Å². The molecule has 8 nitrogen and oxygen atoms in total. The average Bonchev–Trinajstić information content (AvgIpc) is 3.66. The largest absolute Gasteiger partial charge is 0.508 e. The number of nitrogens with zero attached hydrogens (tertiary/aromatic N) is 2. The van der Waals surface area contributed by atoms with Gasteiger partial charge in [0.1, 0.15) is 11.5 Å². The quantitative estimate of drug-likeness (QED) is 0.311. The first kappa shape index (κ1) is 30.3. The van der Waals surface area contributed by atoms with Gasteiger partial charge in [-0.3, -0.25) is 9.59 Å². The van der Waals surface area contributed by atoms with Crippen molar-refractivity contribution in [2.24, 2.45) is 17.3 Å². The Kier molecular flexibility index (Phi) is 7.91. The summed E-state index contributed by atoms with van der Waals surface area (Å²) in [6.45, 7) is 7.02. The van der Waals surface area contributed by atoms with Crippen LogP contribution in [0.3, 0.4) is 0 Å². The van der Waals surface area contributed by atoms with Gasteiger partial charge in [-0.05, 0) is 136 Å². The number of nitrogens with one attached hydrogen (secondary N) is 1. The second-order valence-electron chi connectivity index (χ2n) is 14.5. The third-order valence-corrected chi connectivity index (χ3v) is 12.0. The number of benzene rings is 1. The lowest BCUT2D eigenvalue weighted by atomic mass is 9.55. The van der Waals surface area contributed by atoms with Gasteiger partial charge in [-0.1, -0.05) is 13.0 Å². The van der Waals surface area contributed by atoms with Crippen molar-refractivity contribution in [2.45, 2.75) is 110 Å². The van der Waals surface area contributed by atoms with Crippen LogP contribution >= 0.6 is 0 Å². The highest BCUT2D eigenvalue weighted by molar-refractivity contribution is 6.04. The van der Waals surface area contributed by atoms with E-state index in [1.165, 1.54) is 30.4 Å². The molecule has 3 aromatic rings. The maximum atomic E-state index is 12.6. The van der Waals surface area contributed by atoms with Crippen LogP contribution in [0.4, 0.5) is 5.69 Å². The van der Waals surface area contributed by atoms with E-state index in [1.54, 1.807) is 4.90 Å². The molecule has 5 aliphatic rings. The van der Waals surface area contributed by atoms with Gasteiger partial charge in [0.15, 0.2) is 0 Å². The monoisotopic (exact) mass is 613 g/mol. The van der Waals surface area contributed by atoms with Crippen LogP contribution in [0.1, 0.15) is 104 Å². The molecule has 240 valence electrons. The molecule has 0 bridgehead atoms. The van der Waals surface area contributed by atoms with E-state index in [1.807, 2.05) is 26.0 Å². The van der Waals surface area contributed by atoms with E-state index in [0.717, 1.165) is 90.9 Å². The highest BCUT2D eigenvalue weighted by Gasteiger charge is 2.54. The Morgan fingerprint density at radius 1 is 1.09 bits per heavy atom. The molecule has 2 aromatic heterocycles. The third-order valence-electron chi connectivity index (χ3n) is 12.0. The number of phenols is 1. The Hall–Kier alpha value is -3.39. The molecule has 5 atom stereocenters. The lowest BCUT2D eigenvalue weighted by molar-refractivity contribution is -0.131. The van der Waals surface area contributed by atoms with Crippen molar-refractivity contribution in [3.05, 3.63) is 51.9 Å². The van der Waals surface area contributed by atoms with E-state index in [9.17, 15) is 19.8 Å². The molecule has 1 aromatic carbocycles. The zero-order valence-electron chi connectivity index (χ0n) is 27.0. The molecule has 1 saturated heterocycles. The Labute approximate surface area is 265 Å². The zero-order chi connectivity index (χ0) is 31.5. The Bertz CT molecular complexity index is 1640. The molecule has 3 fully saturated rings. The number of aliphatic hydroxyl groups excluding tert-OH is 1. The van der Waals surface area contributed by atoms with Crippen LogP contribution in [-0.2, 0) is 28.9 Å². The van der Waals surface area contributed by atoms with Crippen molar-refractivity contribution in [1.82, 2.24) is 9.88 Å². The van der Waals surface area contributed by atoms with E-state index >= 15 is 0 Å². The number of hydrogen-bond acceptors (Lipinski definition) is 6. The average molecular weight is 614 g/mol. The van der Waals surface area contributed by atoms with Crippen molar-refractivity contribution in [1.29, 1.82) is 0 Å². The minimum atomic E-state index is -0.145. The van der Waals surface area contributed by atoms with Crippen molar-refractivity contribution in [3.63, 3.8) is 0 Å². The van der Waals surface area contributed by atoms with E-state index in [-0.39, 0.29) is 29.9 Å². The van der Waals surface area contributed by atoms with Crippen LogP contribution < -0.4 is 5.32 Å². The predicted octanol–water partition coefficient (Wildman–Crippen LogP) is 6.49. The van der Waals surface area contributed by atoms with Crippen LogP contribution in [0.25, 0.3) is 11.1 Å². The molecule has 0 unspecified atom stereocenters. The number of fused-ring (bicyclic) bond motifs is 7. The maximum absolute atomic E-state index is 12.6. The normalized spacial score (nSPS) is 28.5. The number of aromatic hydroxyl groups is 1.